The maximum atomic E-state index is 12.4. The van der Waals surface area contributed by atoms with E-state index < -0.39 is 11.8 Å². The number of likely N-dealkylation sites (N-methyl/N-ethyl adjacent to an activating group) is 1. The highest BCUT2D eigenvalue weighted by Gasteiger charge is 2.33. The van der Waals surface area contributed by atoms with Crippen molar-refractivity contribution in [2.24, 2.45) is 0 Å². The lowest BCUT2D eigenvalue weighted by Gasteiger charge is -2.23. The van der Waals surface area contributed by atoms with E-state index in [1.54, 1.807) is 37.3 Å². The Balaban J connectivity index is 2.02. The van der Waals surface area contributed by atoms with Crippen molar-refractivity contribution in [3.05, 3.63) is 64.4 Å². The molecule has 0 radical (unpaired) electrons. The number of nitriles is 1. The molecule has 1 aromatic heterocycles. The number of amides is 2. The number of furan rings is 1. The van der Waals surface area contributed by atoms with E-state index in [2.05, 4.69) is 0 Å². The quantitative estimate of drug-likeness (QED) is 0.475. The average Bonchev–Trinajstić information content (AvgIpc) is 3.13. The van der Waals surface area contributed by atoms with Crippen molar-refractivity contribution >= 4 is 23.7 Å². The molecule has 0 atom stereocenters. The molecule has 0 bridgehead atoms. The molecule has 1 aromatic carbocycles. The SMILES string of the molecule is CC(=O)c1cccc(-c2ccc(C=C3C(=O)N(C)C(=O)C(C#N)=C3C)o2)c1. The van der Waals surface area contributed by atoms with E-state index in [0.29, 0.717) is 22.7 Å². The molecule has 6 heteroatoms. The van der Waals surface area contributed by atoms with Gasteiger partial charge in [0.25, 0.3) is 11.8 Å². The third-order valence-electron chi connectivity index (χ3n) is 4.41. The molecule has 1 aliphatic rings. The molecule has 3 rings (SSSR count). The van der Waals surface area contributed by atoms with Gasteiger partial charge < -0.3 is 4.42 Å². The molecule has 2 aromatic rings. The van der Waals surface area contributed by atoms with E-state index in [-0.39, 0.29) is 16.9 Å². The summed E-state index contributed by atoms with van der Waals surface area (Å²) in [7, 11) is 1.34. The average molecular weight is 360 g/mol. The molecule has 1 aliphatic heterocycles. The minimum atomic E-state index is -0.613. The van der Waals surface area contributed by atoms with Crippen molar-refractivity contribution < 1.29 is 18.8 Å². The number of rotatable bonds is 3. The largest absolute Gasteiger partial charge is 0.457 e. The van der Waals surface area contributed by atoms with E-state index in [0.717, 1.165) is 10.5 Å². The fourth-order valence-electron chi connectivity index (χ4n) is 2.82. The van der Waals surface area contributed by atoms with Crippen LogP contribution >= 0.6 is 0 Å². The lowest BCUT2D eigenvalue weighted by Crippen LogP contribution is -2.39. The van der Waals surface area contributed by atoms with Gasteiger partial charge in [-0.15, -0.1) is 0 Å². The number of benzene rings is 1. The second-order valence-corrected chi connectivity index (χ2v) is 6.18. The Kier molecular flexibility index (Phi) is 4.61. The van der Waals surface area contributed by atoms with Crippen LogP contribution in [0.5, 0.6) is 0 Å². The highest BCUT2D eigenvalue weighted by Crippen LogP contribution is 2.29. The standard InChI is InChI=1S/C21H16N2O4/c1-12-17(20(25)23(3)21(26)18(12)11-22)10-16-7-8-19(27-16)15-6-4-5-14(9-15)13(2)24/h4-10H,1-3H3. The number of hydrogen-bond donors (Lipinski definition) is 0. The third-order valence-corrected chi connectivity index (χ3v) is 4.41. The van der Waals surface area contributed by atoms with E-state index in [1.165, 1.54) is 20.0 Å². The van der Waals surface area contributed by atoms with Gasteiger partial charge in [0, 0.05) is 23.7 Å². The fraction of sp³-hybridized carbons (Fsp3) is 0.143. The molecule has 0 aliphatic carbocycles. The summed E-state index contributed by atoms with van der Waals surface area (Å²) in [5, 5.41) is 9.20. The van der Waals surface area contributed by atoms with Crippen LogP contribution in [0.15, 0.2) is 57.5 Å². The molecule has 0 fully saturated rings. The molecule has 0 N–H and O–H groups in total. The Bertz CT molecular complexity index is 1080. The first-order valence-corrected chi connectivity index (χ1v) is 8.20. The van der Waals surface area contributed by atoms with Gasteiger partial charge >= 0.3 is 0 Å². The first kappa shape index (κ1) is 18.1. The molecule has 0 saturated carbocycles. The first-order chi connectivity index (χ1) is 12.8. The molecular weight excluding hydrogens is 344 g/mol. The van der Waals surface area contributed by atoms with Crippen LogP contribution in [0, 0.1) is 11.3 Å². The van der Waals surface area contributed by atoms with Crippen LogP contribution < -0.4 is 0 Å². The molecule has 134 valence electrons. The Hall–Kier alpha value is -3.72. The van der Waals surface area contributed by atoms with E-state index in [9.17, 15) is 19.6 Å². The van der Waals surface area contributed by atoms with Crippen molar-refractivity contribution in [3.63, 3.8) is 0 Å². The Morgan fingerprint density at radius 1 is 1.19 bits per heavy atom. The summed E-state index contributed by atoms with van der Waals surface area (Å²) in [6, 6.07) is 12.3. The molecule has 6 nitrogen and oxygen atoms in total. The smallest absolute Gasteiger partial charge is 0.271 e. The van der Waals surface area contributed by atoms with Gasteiger partial charge in [0.15, 0.2) is 5.78 Å². The minimum Gasteiger partial charge on any atom is -0.457 e. The van der Waals surface area contributed by atoms with Crippen LogP contribution in [0.25, 0.3) is 17.4 Å². The summed E-state index contributed by atoms with van der Waals surface area (Å²) in [5.41, 5.74) is 1.79. The predicted molar refractivity (Wildman–Crippen MR) is 98.2 cm³/mol. The predicted octanol–water partition coefficient (Wildman–Crippen LogP) is 3.37. The summed E-state index contributed by atoms with van der Waals surface area (Å²) < 4.78 is 5.79. The van der Waals surface area contributed by atoms with Crippen LogP contribution in [0.4, 0.5) is 0 Å². The number of imide groups is 1. The molecule has 0 saturated heterocycles. The number of Topliss-reactive ketones (excluding diaryl/α,β-unsaturated/α-hetero) is 1. The monoisotopic (exact) mass is 360 g/mol. The van der Waals surface area contributed by atoms with Crippen LogP contribution in [-0.4, -0.2) is 29.5 Å². The van der Waals surface area contributed by atoms with Crippen LogP contribution in [0.2, 0.25) is 0 Å². The Morgan fingerprint density at radius 2 is 1.93 bits per heavy atom. The molecule has 0 unspecified atom stereocenters. The van der Waals surface area contributed by atoms with E-state index >= 15 is 0 Å². The molecular formula is C21H16N2O4. The van der Waals surface area contributed by atoms with Gasteiger partial charge in [-0.1, -0.05) is 18.2 Å². The Labute approximate surface area is 156 Å². The minimum absolute atomic E-state index is 0.0453. The second kappa shape index (κ2) is 6.89. The first-order valence-electron chi connectivity index (χ1n) is 8.20. The molecule has 2 heterocycles. The zero-order valence-electron chi connectivity index (χ0n) is 15.1. The third kappa shape index (κ3) is 3.23. The van der Waals surface area contributed by atoms with Gasteiger partial charge in [-0.25, -0.2) is 0 Å². The van der Waals surface area contributed by atoms with Gasteiger partial charge in [0.2, 0.25) is 0 Å². The summed E-state index contributed by atoms with van der Waals surface area (Å²) in [5.74, 6) is -0.205. The molecule has 0 spiro atoms. The van der Waals surface area contributed by atoms with E-state index in [4.69, 9.17) is 4.42 Å². The maximum Gasteiger partial charge on any atom is 0.271 e. The second-order valence-electron chi connectivity index (χ2n) is 6.18. The topological polar surface area (TPSA) is 91.4 Å². The van der Waals surface area contributed by atoms with E-state index in [1.807, 2.05) is 12.1 Å². The number of carbonyl (C=O) groups excluding carboxylic acids is 3. The zero-order chi connectivity index (χ0) is 19.7. The van der Waals surface area contributed by atoms with Gasteiger partial charge in [-0.3, -0.25) is 19.3 Å². The number of carbonyl (C=O) groups is 3. The lowest BCUT2D eigenvalue weighted by molar-refractivity contribution is -0.138. The fourth-order valence-corrected chi connectivity index (χ4v) is 2.82. The van der Waals surface area contributed by atoms with Crippen LogP contribution in [0.3, 0.4) is 0 Å². The van der Waals surface area contributed by atoms with Crippen LogP contribution in [-0.2, 0) is 9.59 Å². The lowest BCUT2D eigenvalue weighted by atomic mass is 9.95. The van der Waals surface area contributed by atoms with Crippen molar-refractivity contribution in [1.82, 2.24) is 4.90 Å². The molecule has 2 amide bonds. The summed E-state index contributed by atoms with van der Waals surface area (Å²) >= 11 is 0. The van der Waals surface area contributed by atoms with Crippen molar-refractivity contribution in [2.45, 2.75) is 13.8 Å². The maximum absolute atomic E-state index is 12.4. The summed E-state index contributed by atoms with van der Waals surface area (Å²) in [6.07, 6.45) is 1.51. The number of hydrogen-bond acceptors (Lipinski definition) is 5. The number of nitrogens with zero attached hydrogens (tertiary/aromatic N) is 2. The van der Waals surface area contributed by atoms with Crippen LogP contribution in [0.1, 0.15) is 30.0 Å². The molecule has 27 heavy (non-hydrogen) atoms. The Morgan fingerprint density at radius 3 is 2.59 bits per heavy atom. The number of ketones is 1. The highest BCUT2D eigenvalue weighted by molar-refractivity contribution is 6.19. The summed E-state index contributed by atoms with van der Waals surface area (Å²) in [6.45, 7) is 3.05. The van der Waals surface area contributed by atoms with Gasteiger partial charge in [0.1, 0.15) is 23.2 Å². The van der Waals surface area contributed by atoms with Gasteiger partial charge in [-0.2, -0.15) is 5.26 Å². The zero-order valence-corrected chi connectivity index (χ0v) is 15.1. The van der Waals surface area contributed by atoms with Crippen molar-refractivity contribution in [2.75, 3.05) is 7.05 Å². The van der Waals surface area contributed by atoms with Gasteiger partial charge in [0.05, 0.1) is 0 Å². The summed E-state index contributed by atoms with van der Waals surface area (Å²) in [4.78, 5) is 36.9. The van der Waals surface area contributed by atoms with Crippen molar-refractivity contribution in [1.29, 1.82) is 5.26 Å². The highest BCUT2D eigenvalue weighted by atomic mass is 16.3. The van der Waals surface area contributed by atoms with Crippen molar-refractivity contribution in [3.8, 4) is 17.4 Å². The van der Waals surface area contributed by atoms with Gasteiger partial charge in [-0.05, 0) is 43.7 Å². The normalized spacial score (nSPS) is 16.1.